The van der Waals surface area contributed by atoms with Crippen molar-refractivity contribution in [1.82, 2.24) is 10.6 Å². The van der Waals surface area contributed by atoms with Gasteiger partial charge >= 0.3 is 6.03 Å². The number of carbonyl (C=O) groups excluding carboxylic acids is 1. The molecule has 2 N–H and O–H groups in total. The Morgan fingerprint density at radius 1 is 1.21 bits per heavy atom. The van der Waals surface area contributed by atoms with E-state index in [1.807, 2.05) is 13.8 Å². The minimum atomic E-state index is -0.109. The number of hydrogen-bond donors (Lipinski definition) is 2. The van der Waals surface area contributed by atoms with Crippen molar-refractivity contribution in [3.8, 4) is 0 Å². The van der Waals surface area contributed by atoms with E-state index < -0.39 is 0 Å². The first-order chi connectivity index (χ1) is 9.02. The van der Waals surface area contributed by atoms with Crippen molar-refractivity contribution in [2.45, 2.75) is 65.5 Å². The number of nitrogens with one attached hydrogen (secondary N) is 2. The maximum Gasteiger partial charge on any atom is 0.315 e. The van der Waals surface area contributed by atoms with Crippen molar-refractivity contribution in [2.75, 3.05) is 13.2 Å². The Bertz CT molecular complexity index is 261. The van der Waals surface area contributed by atoms with E-state index in [1.54, 1.807) is 0 Å². The van der Waals surface area contributed by atoms with Gasteiger partial charge in [-0.15, -0.1) is 0 Å². The largest absolute Gasteiger partial charge is 0.376 e. The fourth-order valence-electron chi connectivity index (χ4n) is 2.68. The van der Waals surface area contributed by atoms with E-state index in [2.05, 4.69) is 24.5 Å². The summed E-state index contributed by atoms with van der Waals surface area (Å²) < 4.78 is 5.91. The molecule has 112 valence electrons. The van der Waals surface area contributed by atoms with Gasteiger partial charge in [0.1, 0.15) is 0 Å². The molecule has 0 radical (unpaired) electrons. The second-order valence-corrected chi connectivity index (χ2v) is 6.02. The van der Waals surface area contributed by atoms with Crippen molar-refractivity contribution in [2.24, 2.45) is 11.8 Å². The topological polar surface area (TPSA) is 50.4 Å². The molecule has 1 saturated carbocycles. The molecule has 4 nitrogen and oxygen atoms in total. The Morgan fingerprint density at radius 2 is 1.84 bits per heavy atom. The van der Waals surface area contributed by atoms with E-state index in [0.717, 1.165) is 24.7 Å². The Kier molecular flexibility index (Phi) is 7.21. The van der Waals surface area contributed by atoms with Crippen LogP contribution in [0, 0.1) is 11.8 Å². The summed E-state index contributed by atoms with van der Waals surface area (Å²) in [5.41, 5.74) is 0. The summed E-state index contributed by atoms with van der Waals surface area (Å²) in [5.74, 6) is 1.66. The molecule has 0 aromatic rings. The van der Waals surface area contributed by atoms with E-state index >= 15 is 0 Å². The first kappa shape index (κ1) is 16.3. The predicted octanol–water partition coefficient (Wildman–Crippen LogP) is 2.93. The van der Waals surface area contributed by atoms with Gasteiger partial charge in [0.05, 0.1) is 18.8 Å². The van der Waals surface area contributed by atoms with Crippen LogP contribution in [0.3, 0.4) is 0 Å². The first-order valence-electron chi connectivity index (χ1n) is 7.68. The average Bonchev–Trinajstić information content (AvgIpc) is 2.37. The zero-order valence-corrected chi connectivity index (χ0v) is 12.9. The number of carbonyl (C=O) groups is 1. The van der Waals surface area contributed by atoms with E-state index in [9.17, 15) is 4.79 Å². The summed E-state index contributed by atoms with van der Waals surface area (Å²) in [6.45, 7) is 9.77. The summed E-state index contributed by atoms with van der Waals surface area (Å²) in [5, 5.41) is 5.60. The lowest BCUT2D eigenvalue weighted by Gasteiger charge is -2.31. The van der Waals surface area contributed by atoms with Gasteiger partial charge in [-0.05, 0) is 51.4 Å². The molecule has 0 aromatic carbocycles. The van der Waals surface area contributed by atoms with Crippen LogP contribution in [0.5, 0.6) is 0 Å². The van der Waals surface area contributed by atoms with Gasteiger partial charge in [0.2, 0.25) is 0 Å². The summed E-state index contributed by atoms with van der Waals surface area (Å²) in [6, 6.07) is -0.0449. The van der Waals surface area contributed by atoms with Crippen LogP contribution in [-0.2, 0) is 4.74 Å². The minimum Gasteiger partial charge on any atom is -0.376 e. The molecule has 0 saturated heterocycles. The van der Waals surface area contributed by atoms with Crippen molar-refractivity contribution < 1.29 is 9.53 Å². The molecule has 1 rings (SSSR count). The molecule has 1 atom stereocenters. The molecule has 0 spiro atoms. The van der Waals surface area contributed by atoms with Crippen LogP contribution in [0.2, 0.25) is 0 Å². The van der Waals surface area contributed by atoms with Gasteiger partial charge in [-0.1, -0.05) is 13.8 Å². The second-order valence-electron chi connectivity index (χ2n) is 6.02. The monoisotopic (exact) mass is 270 g/mol. The third kappa shape index (κ3) is 6.28. The summed E-state index contributed by atoms with van der Waals surface area (Å²) in [4.78, 5) is 11.3. The molecule has 1 aliphatic carbocycles. The van der Waals surface area contributed by atoms with Crippen molar-refractivity contribution >= 4 is 6.03 Å². The molecule has 4 heteroatoms. The fraction of sp³-hybridized carbons (Fsp3) is 0.933. The highest BCUT2D eigenvalue weighted by Gasteiger charge is 2.24. The van der Waals surface area contributed by atoms with Crippen LogP contribution < -0.4 is 10.6 Å². The Morgan fingerprint density at radius 3 is 2.37 bits per heavy atom. The molecule has 0 bridgehead atoms. The van der Waals surface area contributed by atoms with Gasteiger partial charge < -0.3 is 15.4 Å². The molecular weight excluding hydrogens is 240 g/mol. The van der Waals surface area contributed by atoms with Crippen LogP contribution >= 0.6 is 0 Å². The molecular formula is C15H30N2O2. The minimum absolute atomic E-state index is 0.0642. The van der Waals surface area contributed by atoms with E-state index in [4.69, 9.17) is 4.74 Å². The van der Waals surface area contributed by atoms with Crippen LogP contribution in [-0.4, -0.2) is 31.3 Å². The van der Waals surface area contributed by atoms with E-state index in [-0.39, 0.29) is 12.1 Å². The highest BCUT2D eigenvalue weighted by atomic mass is 16.5. The SMILES string of the molecule is CCNC(=O)NC(C)COC1CCC(C(C)C)CC1. The molecule has 19 heavy (non-hydrogen) atoms. The van der Waals surface area contributed by atoms with Gasteiger partial charge in [-0.25, -0.2) is 4.79 Å². The van der Waals surface area contributed by atoms with Crippen molar-refractivity contribution in [1.29, 1.82) is 0 Å². The summed E-state index contributed by atoms with van der Waals surface area (Å²) in [7, 11) is 0. The third-order valence-corrected chi connectivity index (χ3v) is 3.96. The Hall–Kier alpha value is -0.770. The number of urea groups is 1. The number of amides is 2. The number of hydrogen-bond acceptors (Lipinski definition) is 2. The van der Waals surface area contributed by atoms with Crippen LogP contribution in [0.4, 0.5) is 4.79 Å². The van der Waals surface area contributed by atoms with Gasteiger partial charge in [0.25, 0.3) is 0 Å². The standard InChI is InChI=1S/C15H30N2O2/c1-5-16-15(18)17-12(4)10-19-14-8-6-13(7-9-14)11(2)3/h11-14H,5-10H2,1-4H3,(H2,16,17,18). The van der Waals surface area contributed by atoms with Crippen molar-refractivity contribution in [3.05, 3.63) is 0 Å². The first-order valence-corrected chi connectivity index (χ1v) is 7.68. The smallest absolute Gasteiger partial charge is 0.315 e. The molecule has 0 aliphatic heterocycles. The molecule has 1 aliphatic rings. The number of rotatable bonds is 6. The molecule has 1 unspecified atom stereocenters. The predicted molar refractivity (Wildman–Crippen MR) is 78.2 cm³/mol. The van der Waals surface area contributed by atoms with Gasteiger partial charge in [0, 0.05) is 6.54 Å². The Balaban J connectivity index is 2.14. The fourth-order valence-corrected chi connectivity index (χ4v) is 2.68. The summed E-state index contributed by atoms with van der Waals surface area (Å²) >= 11 is 0. The van der Waals surface area contributed by atoms with E-state index in [1.165, 1.54) is 12.8 Å². The zero-order valence-electron chi connectivity index (χ0n) is 12.9. The third-order valence-electron chi connectivity index (χ3n) is 3.96. The van der Waals surface area contributed by atoms with Gasteiger partial charge in [0.15, 0.2) is 0 Å². The molecule has 1 fully saturated rings. The highest BCUT2D eigenvalue weighted by molar-refractivity contribution is 5.74. The average molecular weight is 270 g/mol. The quantitative estimate of drug-likeness (QED) is 0.779. The molecule has 0 heterocycles. The Labute approximate surface area is 117 Å². The second kappa shape index (κ2) is 8.41. The normalized spacial score (nSPS) is 25.1. The van der Waals surface area contributed by atoms with Crippen LogP contribution in [0.15, 0.2) is 0 Å². The lowest BCUT2D eigenvalue weighted by Crippen LogP contribution is -2.43. The maximum atomic E-state index is 11.3. The molecule has 2 amide bonds. The lowest BCUT2D eigenvalue weighted by atomic mass is 9.80. The zero-order chi connectivity index (χ0) is 14.3. The molecule has 0 aromatic heterocycles. The van der Waals surface area contributed by atoms with Crippen molar-refractivity contribution in [3.63, 3.8) is 0 Å². The lowest BCUT2D eigenvalue weighted by molar-refractivity contribution is 0.00556. The van der Waals surface area contributed by atoms with Gasteiger partial charge in [-0.2, -0.15) is 0 Å². The van der Waals surface area contributed by atoms with Crippen LogP contribution in [0.1, 0.15) is 53.4 Å². The van der Waals surface area contributed by atoms with Gasteiger partial charge in [-0.3, -0.25) is 0 Å². The van der Waals surface area contributed by atoms with E-state index in [0.29, 0.717) is 19.3 Å². The number of ether oxygens (including phenoxy) is 1. The van der Waals surface area contributed by atoms with Crippen LogP contribution in [0.25, 0.3) is 0 Å². The summed E-state index contributed by atoms with van der Waals surface area (Å²) in [6.07, 6.45) is 5.27. The maximum absolute atomic E-state index is 11.3. The highest BCUT2D eigenvalue weighted by Crippen LogP contribution is 2.31.